The van der Waals surface area contributed by atoms with Crippen LogP contribution in [0, 0.1) is 11.6 Å². The smallest absolute Gasteiger partial charge is 0.405 e. The molecule has 0 saturated heterocycles. The number of methoxy groups -OCH3 is 1. The van der Waals surface area contributed by atoms with Crippen LogP contribution >= 0.6 is 0 Å². The molecule has 0 saturated carbocycles. The molecule has 0 radical (unpaired) electrons. The van der Waals surface area contributed by atoms with E-state index < -0.39 is 29.7 Å². The Bertz CT molecular complexity index is 709. The quantitative estimate of drug-likeness (QED) is 0.912. The van der Waals surface area contributed by atoms with Crippen LogP contribution in [0.3, 0.4) is 0 Å². The maximum absolute atomic E-state index is 14.3. The highest BCUT2D eigenvalue weighted by molar-refractivity contribution is 5.65. The van der Waals surface area contributed by atoms with Gasteiger partial charge in [0.25, 0.3) is 0 Å². The van der Waals surface area contributed by atoms with E-state index >= 15 is 0 Å². The second-order valence-electron chi connectivity index (χ2n) is 4.98. The lowest BCUT2D eigenvalue weighted by Crippen LogP contribution is -2.30. The number of fused-ring (bicyclic) bond motifs is 1. The molecule has 22 heavy (non-hydrogen) atoms. The van der Waals surface area contributed by atoms with Gasteiger partial charge < -0.3 is 19.7 Å². The number of ether oxygens (including phenoxy) is 1. The Morgan fingerprint density at radius 1 is 1.45 bits per heavy atom. The summed E-state index contributed by atoms with van der Waals surface area (Å²) in [4.78, 5) is 15.0. The number of halogens is 2. The van der Waals surface area contributed by atoms with Gasteiger partial charge >= 0.3 is 6.09 Å². The molecular weight excluding hydrogens is 296 g/mol. The van der Waals surface area contributed by atoms with Crippen molar-refractivity contribution >= 4 is 6.09 Å². The molecule has 2 atom stereocenters. The Labute approximate surface area is 124 Å². The van der Waals surface area contributed by atoms with Crippen molar-refractivity contribution in [1.82, 2.24) is 14.9 Å². The second kappa shape index (κ2) is 5.28. The number of rotatable bonds is 3. The third kappa shape index (κ3) is 2.26. The zero-order valence-electron chi connectivity index (χ0n) is 11.6. The van der Waals surface area contributed by atoms with Gasteiger partial charge in [0.2, 0.25) is 0 Å². The van der Waals surface area contributed by atoms with Gasteiger partial charge in [0, 0.05) is 42.6 Å². The molecule has 6 nitrogen and oxygen atoms in total. The highest BCUT2D eigenvalue weighted by Gasteiger charge is 2.39. The third-order valence-electron chi connectivity index (χ3n) is 3.76. The summed E-state index contributed by atoms with van der Waals surface area (Å²) in [5.41, 5.74) is -0.176. The molecule has 2 heterocycles. The molecule has 2 N–H and O–H groups in total. The minimum absolute atomic E-state index is 0.0669. The van der Waals surface area contributed by atoms with Crippen LogP contribution in [-0.4, -0.2) is 27.9 Å². The molecule has 1 aromatic carbocycles. The van der Waals surface area contributed by atoms with Crippen molar-refractivity contribution in [2.75, 3.05) is 7.11 Å². The summed E-state index contributed by atoms with van der Waals surface area (Å²) >= 11 is 0. The summed E-state index contributed by atoms with van der Waals surface area (Å²) in [5.74, 6) is -1.76. The van der Waals surface area contributed by atoms with Crippen LogP contribution in [0.2, 0.25) is 0 Å². The number of nitrogens with zero attached hydrogens (tertiary/aromatic N) is 2. The fourth-order valence-corrected chi connectivity index (χ4v) is 2.84. The molecule has 8 heteroatoms. The number of nitrogens with one attached hydrogen (secondary N) is 1. The number of imidazole rings is 1. The number of carboxylic acid groups (broad SMARTS) is 1. The van der Waals surface area contributed by atoms with Crippen molar-refractivity contribution in [3.8, 4) is 5.75 Å². The fraction of sp³-hybridized carbons (Fsp3) is 0.286. The van der Waals surface area contributed by atoms with E-state index in [1.165, 1.54) is 13.3 Å². The average Bonchev–Trinajstić information content (AvgIpc) is 3.01. The molecule has 0 bridgehead atoms. The Kier molecular flexibility index (Phi) is 3.44. The third-order valence-corrected chi connectivity index (χ3v) is 3.76. The van der Waals surface area contributed by atoms with Crippen LogP contribution in [0.4, 0.5) is 13.6 Å². The van der Waals surface area contributed by atoms with Gasteiger partial charge in [-0.2, -0.15) is 0 Å². The fourth-order valence-electron chi connectivity index (χ4n) is 2.84. The van der Waals surface area contributed by atoms with E-state index in [2.05, 4.69) is 10.3 Å². The first kappa shape index (κ1) is 14.3. The van der Waals surface area contributed by atoms with E-state index in [4.69, 9.17) is 9.84 Å². The Hall–Kier alpha value is -2.64. The largest absolute Gasteiger partial charge is 0.497 e. The van der Waals surface area contributed by atoms with Gasteiger partial charge in [0.15, 0.2) is 0 Å². The van der Waals surface area contributed by atoms with Crippen LogP contribution in [-0.2, 0) is 6.54 Å². The zero-order chi connectivity index (χ0) is 15.9. The van der Waals surface area contributed by atoms with Crippen molar-refractivity contribution < 1.29 is 23.4 Å². The van der Waals surface area contributed by atoms with E-state index in [-0.39, 0.29) is 17.9 Å². The van der Waals surface area contributed by atoms with Crippen molar-refractivity contribution in [1.29, 1.82) is 0 Å². The summed E-state index contributed by atoms with van der Waals surface area (Å²) in [6, 6.07) is 1.35. The van der Waals surface area contributed by atoms with Crippen molar-refractivity contribution in [2.24, 2.45) is 0 Å². The molecule has 0 unspecified atom stereocenters. The highest BCUT2D eigenvalue weighted by Crippen LogP contribution is 2.40. The van der Waals surface area contributed by atoms with E-state index in [1.807, 2.05) is 0 Å². The summed E-state index contributed by atoms with van der Waals surface area (Å²) < 4.78 is 35.0. The molecule has 0 spiro atoms. The van der Waals surface area contributed by atoms with Crippen molar-refractivity contribution in [3.05, 3.63) is 47.5 Å². The van der Waals surface area contributed by atoms with E-state index in [1.54, 1.807) is 10.8 Å². The summed E-state index contributed by atoms with van der Waals surface area (Å²) in [7, 11) is 1.31. The molecule has 0 fully saturated rings. The van der Waals surface area contributed by atoms with Gasteiger partial charge in [0.05, 0.1) is 13.2 Å². The van der Waals surface area contributed by atoms with E-state index in [9.17, 15) is 13.6 Å². The van der Waals surface area contributed by atoms with Gasteiger partial charge in [0.1, 0.15) is 23.2 Å². The number of hydrogen-bond acceptors (Lipinski definition) is 3. The minimum atomic E-state index is -1.28. The lowest BCUT2D eigenvalue weighted by atomic mass is 9.92. The SMILES string of the molecule is COc1cc(F)c([C@@H]2Cn3ccnc3[C@H]2NC(=O)O)c(F)c1. The molecule has 0 aliphatic carbocycles. The molecule has 116 valence electrons. The predicted octanol–water partition coefficient (Wildman–Crippen LogP) is 2.28. The summed E-state index contributed by atoms with van der Waals surface area (Å²) in [6.45, 7) is 0.237. The molecule has 1 aromatic heterocycles. The first-order chi connectivity index (χ1) is 10.5. The first-order valence-corrected chi connectivity index (χ1v) is 6.54. The number of hydrogen-bond donors (Lipinski definition) is 2. The molecule has 1 aliphatic heterocycles. The van der Waals surface area contributed by atoms with Gasteiger partial charge in [-0.25, -0.2) is 18.6 Å². The van der Waals surface area contributed by atoms with E-state index in [0.717, 1.165) is 12.1 Å². The van der Waals surface area contributed by atoms with Crippen LogP contribution in [0.5, 0.6) is 5.75 Å². The van der Waals surface area contributed by atoms with Crippen molar-refractivity contribution in [3.63, 3.8) is 0 Å². The van der Waals surface area contributed by atoms with E-state index in [0.29, 0.717) is 5.82 Å². The molecule has 3 rings (SSSR count). The Morgan fingerprint density at radius 2 is 2.14 bits per heavy atom. The van der Waals surface area contributed by atoms with Gasteiger partial charge in [-0.15, -0.1) is 0 Å². The highest BCUT2D eigenvalue weighted by atomic mass is 19.1. The molecule has 1 aliphatic rings. The minimum Gasteiger partial charge on any atom is -0.497 e. The molecular formula is C14H13F2N3O3. The van der Waals surface area contributed by atoms with Crippen molar-refractivity contribution in [2.45, 2.75) is 18.5 Å². The molecule has 2 aromatic rings. The molecule has 1 amide bonds. The Morgan fingerprint density at radius 3 is 2.73 bits per heavy atom. The first-order valence-electron chi connectivity index (χ1n) is 6.54. The van der Waals surface area contributed by atoms with Crippen LogP contribution in [0.15, 0.2) is 24.5 Å². The lowest BCUT2D eigenvalue weighted by Gasteiger charge is -2.20. The van der Waals surface area contributed by atoms with Gasteiger partial charge in [-0.3, -0.25) is 0 Å². The normalized spacial score (nSPS) is 19.8. The lowest BCUT2D eigenvalue weighted by molar-refractivity contribution is 0.188. The topological polar surface area (TPSA) is 76.4 Å². The van der Waals surface area contributed by atoms with Crippen LogP contribution in [0.1, 0.15) is 23.3 Å². The maximum Gasteiger partial charge on any atom is 0.405 e. The standard InChI is InChI=1S/C14H13F2N3O3/c1-22-7-4-9(15)11(10(16)5-7)8-6-19-3-2-17-13(19)12(8)18-14(20)21/h2-5,8,12,18H,6H2,1H3,(H,20,21)/t8-,12-/m0/s1. The predicted molar refractivity (Wildman–Crippen MR) is 71.8 cm³/mol. The maximum atomic E-state index is 14.3. The van der Waals surface area contributed by atoms with Gasteiger partial charge in [-0.05, 0) is 0 Å². The zero-order valence-corrected chi connectivity index (χ0v) is 11.6. The van der Waals surface area contributed by atoms with Gasteiger partial charge in [-0.1, -0.05) is 0 Å². The average molecular weight is 309 g/mol. The number of amides is 1. The Balaban J connectivity index is 2.04. The summed E-state index contributed by atoms with van der Waals surface area (Å²) in [6.07, 6.45) is 1.88. The number of benzene rings is 1. The van der Waals surface area contributed by atoms with Crippen LogP contribution in [0.25, 0.3) is 0 Å². The number of carbonyl (C=O) groups is 1. The monoisotopic (exact) mass is 309 g/mol. The second-order valence-corrected chi connectivity index (χ2v) is 4.98. The number of aromatic nitrogens is 2. The summed E-state index contributed by atoms with van der Waals surface area (Å²) in [5, 5.41) is 11.3. The van der Waals surface area contributed by atoms with Crippen LogP contribution < -0.4 is 10.1 Å².